The van der Waals surface area contributed by atoms with Crippen LogP contribution in [0.25, 0.3) is 6.08 Å². The van der Waals surface area contributed by atoms with E-state index < -0.39 is 5.97 Å². The molecule has 0 radical (unpaired) electrons. The Morgan fingerprint density at radius 3 is 2.57 bits per heavy atom. The summed E-state index contributed by atoms with van der Waals surface area (Å²) in [5, 5.41) is 9.24. The van der Waals surface area contributed by atoms with Gasteiger partial charge >= 0.3 is 5.97 Å². The molecule has 0 saturated heterocycles. The smallest absolute Gasteiger partial charge is 0.328 e. The average molecular weight is 343 g/mol. The molecule has 0 atom stereocenters. The molecule has 2 nitrogen and oxygen atoms in total. The van der Waals surface area contributed by atoms with Gasteiger partial charge in [0.2, 0.25) is 0 Å². The minimum atomic E-state index is -1.02. The second-order valence-corrected chi connectivity index (χ2v) is 4.35. The zero-order chi connectivity index (χ0) is 10.7. The van der Waals surface area contributed by atoms with Crippen LogP contribution < -0.4 is 0 Å². The van der Waals surface area contributed by atoms with Gasteiger partial charge < -0.3 is 5.11 Å². The first-order valence-corrected chi connectivity index (χ1v) is 5.40. The lowest BCUT2D eigenvalue weighted by Gasteiger charge is -2.02. The molecule has 14 heavy (non-hydrogen) atoms. The molecule has 0 aliphatic rings. The largest absolute Gasteiger partial charge is 0.478 e. The fraction of sp³-hybridized carbons (Fsp3) is 0. The number of carboxylic acid groups (broad SMARTS) is 1. The number of halogens is 3. The summed E-state index contributed by atoms with van der Waals surface area (Å²) < 4.78 is 0.835. The van der Waals surface area contributed by atoms with Gasteiger partial charge in [-0.05, 0) is 40.3 Å². The second-order valence-electron chi connectivity index (χ2n) is 2.44. The fourth-order valence-corrected chi connectivity index (χ4v) is 1.84. The maximum Gasteiger partial charge on any atom is 0.328 e. The normalized spacial score (nSPS) is 10.8. The van der Waals surface area contributed by atoms with Gasteiger partial charge in [-0.25, -0.2) is 4.79 Å². The highest BCUT2D eigenvalue weighted by atomic mass is 127. The van der Waals surface area contributed by atoms with E-state index in [0.29, 0.717) is 15.6 Å². The van der Waals surface area contributed by atoms with Crippen LogP contribution in [0.4, 0.5) is 0 Å². The van der Waals surface area contributed by atoms with Gasteiger partial charge in [0, 0.05) is 9.65 Å². The van der Waals surface area contributed by atoms with E-state index >= 15 is 0 Å². The van der Waals surface area contributed by atoms with Crippen molar-refractivity contribution in [1.29, 1.82) is 0 Å². The minimum Gasteiger partial charge on any atom is -0.478 e. The molecule has 0 spiro atoms. The van der Waals surface area contributed by atoms with Gasteiger partial charge in [-0.3, -0.25) is 0 Å². The number of hydrogen-bond acceptors (Lipinski definition) is 1. The number of hydrogen-bond donors (Lipinski definition) is 1. The molecule has 74 valence electrons. The molecule has 1 aromatic rings. The zero-order valence-electron chi connectivity index (χ0n) is 6.80. The van der Waals surface area contributed by atoms with E-state index in [9.17, 15) is 4.79 Å². The summed E-state index contributed by atoms with van der Waals surface area (Å²) in [4.78, 5) is 10.3. The van der Waals surface area contributed by atoms with Crippen molar-refractivity contribution in [2.45, 2.75) is 0 Å². The van der Waals surface area contributed by atoms with Gasteiger partial charge in [-0.15, -0.1) is 0 Å². The minimum absolute atomic E-state index is 0.371. The van der Waals surface area contributed by atoms with Crippen molar-refractivity contribution in [3.05, 3.63) is 37.4 Å². The SMILES string of the molecule is O=C(O)C=Cc1ccc(I)c(Cl)c1Cl. The molecule has 0 saturated carbocycles. The van der Waals surface area contributed by atoms with Crippen molar-refractivity contribution in [2.75, 3.05) is 0 Å². The zero-order valence-corrected chi connectivity index (χ0v) is 10.5. The first-order valence-electron chi connectivity index (χ1n) is 3.57. The maximum atomic E-state index is 10.3. The molecule has 0 unspecified atom stereocenters. The van der Waals surface area contributed by atoms with Crippen molar-refractivity contribution in [1.82, 2.24) is 0 Å². The van der Waals surface area contributed by atoms with Gasteiger partial charge in [0.15, 0.2) is 0 Å². The van der Waals surface area contributed by atoms with Crippen LogP contribution in [-0.2, 0) is 4.79 Å². The van der Waals surface area contributed by atoms with Crippen LogP contribution in [-0.4, -0.2) is 11.1 Å². The summed E-state index contributed by atoms with van der Waals surface area (Å²) in [5.41, 5.74) is 0.597. The van der Waals surface area contributed by atoms with Gasteiger partial charge in [0.25, 0.3) is 0 Å². The van der Waals surface area contributed by atoms with Crippen molar-refractivity contribution in [3.63, 3.8) is 0 Å². The maximum absolute atomic E-state index is 10.3. The first-order chi connectivity index (χ1) is 6.52. The van der Waals surface area contributed by atoms with Crippen LogP contribution in [0, 0.1) is 3.57 Å². The van der Waals surface area contributed by atoms with Gasteiger partial charge in [-0.1, -0.05) is 29.3 Å². The highest BCUT2D eigenvalue weighted by Crippen LogP contribution is 2.31. The Kier molecular flexibility index (Phi) is 4.22. The summed E-state index contributed by atoms with van der Waals surface area (Å²) in [6, 6.07) is 3.49. The van der Waals surface area contributed by atoms with E-state index in [-0.39, 0.29) is 0 Å². The summed E-state index contributed by atoms with van der Waals surface area (Å²) >= 11 is 13.8. The monoisotopic (exact) mass is 342 g/mol. The molecule has 1 rings (SSSR count). The summed E-state index contributed by atoms with van der Waals surface area (Å²) in [6.45, 7) is 0. The Morgan fingerprint density at radius 1 is 1.36 bits per heavy atom. The molecular weight excluding hydrogens is 338 g/mol. The van der Waals surface area contributed by atoms with E-state index in [2.05, 4.69) is 22.6 Å². The van der Waals surface area contributed by atoms with E-state index in [1.165, 1.54) is 6.08 Å². The first kappa shape index (κ1) is 11.8. The molecule has 1 aromatic carbocycles. The Balaban J connectivity index is 3.12. The van der Waals surface area contributed by atoms with Crippen LogP contribution in [0.2, 0.25) is 10.0 Å². The number of carbonyl (C=O) groups is 1. The molecule has 0 amide bonds. The molecule has 1 N–H and O–H groups in total. The molecule has 0 heterocycles. The molecule has 0 aliphatic heterocycles. The quantitative estimate of drug-likeness (QED) is 0.505. The van der Waals surface area contributed by atoms with Crippen LogP contribution in [0.15, 0.2) is 18.2 Å². The molecule has 0 aromatic heterocycles. The third-order valence-corrected chi connectivity index (χ3v) is 3.58. The topological polar surface area (TPSA) is 37.3 Å². The van der Waals surface area contributed by atoms with Crippen molar-refractivity contribution in [2.24, 2.45) is 0 Å². The number of benzene rings is 1. The van der Waals surface area contributed by atoms with Crippen molar-refractivity contribution < 1.29 is 9.90 Å². The summed E-state index contributed by atoms with van der Waals surface area (Å²) in [6.07, 6.45) is 2.43. The molecule has 0 bridgehead atoms. The Morgan fingerprint density at radius 2 is 2.00 bits per heavy atom. The Bertz CT molecular complexity index is 402. The molecule has 0 fully saturated rings. The van der Waals surface area contributed by atoms with E-state index in [0.717, 1.165) is 9.65 Å². The number of rotatable bonds is 2. The lowest BCUT2D eigenvalue weighted by Crippen LogP contribution is -1.87. The lowest BCUT2D eigenvalue weighted by molar-refractivity contribution is -0.131. The predicted octanol–water partition coefficient (Wildman–Crippen LogP) is 3.70. The standard InChI is InChI=1S/C9H5Cl2IO2/c10-8-5(2-4-7(13)14)1-3-6(12)9(8)11/h1-4H,(H,13,14). The van der Waals surface area contributed by atoms with Gasteiger partial charge in [0.05, 0.1) is 10.0 Å². The van der Waals surface area contributed by atoms with Crippen molar-refractivity contribution in [3.8, 4) is 0 Å². The molecule has 0 aliphatic carbocycles. The lowest BCUT2D eigenvalue weighted by atomic mass is 10.2. The molecular formula is C9H5Cl2IO2. The van der Waals surface area contributed by atoms with Gasteiger partial charge in [-0.2, -0.15) is 0 Å². The number of carboxylic acids is 1. The Hall–Kier alpha value is -0.260. The van der Waals surface area contributed by atoms with Crippen LogP contribution >= 0.6 is 45.8 Å². The average Bonchev–Trinajstić information content (AvgIpc) is 2.13. The number of aliphatic carboxylic acids is 1. The van der Waals surface area contributed by atoms with E-state index in [1.54, 1.807) is 12.1 Å². The van der Waals surface area contributed by atoms with Crippen LogP contribution in [0.5, 0.6) is 0 Å². The molecule has 5 heteroatoms. The predicted molar refractivity (Wildman–Crippen MR) is 65.8 cm³/mol. The highest BCUT2D eigenvalue weighted by Gasteiger charge is 2.05. The van der Waals surface area contributed by atoms with Crippen LogP contribution in [0.1, 0.15) is 5.56 Å². The Labute approximate surface area is 105 Å². The fourth-order valence-electron chi connectivity index (χ4n) is 0.831. The van der Waals surface area contributed by atoms with Crippen LogP contribution in [0.3, 0.4) is 0 Å². The summed E-state index contributed by atoms with van der Waals surface area (Å²) in [7, 11) is 0. The van der Waals surface area contributed by atoms with Gasteiger partial charge in [0.1, 0.15) is 0 Å². The second kappa shape index (κ2) is 5.00. The third-order valence-electron chi connectivity index (χ3n) is 1.47. The van der Waals surface area contributed by atoms with E-state index in [4.69, 9.17) is 28.3 Å². The third kappa shape index (κ3) is 2.87. The van der Waals surface area contributed by atoms with Crippen molar-refractivity contribution >= 4 is 57.8 Å². The highest BCUT2D eigenvalue weighted by molar-refractivity contribution is 14.1. The van der Waals surface area contributed by atoms with E-state index in [1.807, 2.05) is 0 Å². The summed E-state index contributed by atoms with van der Waals surface area (Å²) in [5.74, 6) is -1.02.